The number of hydrogen-bond acceptors (Lipinski definition) is 5. The molecular weight excluding hydrogens is 284 g/mol. The molecule has 5 nitrogen and oxygen atoms in total. The Labute approximate surface area is 121 Å². The Bertz CT molecular complexity index is 509. The van der Waals surface area contributed by atoms with Crippen LogP contribution in [0.5, 0.6) is 5.75 Å². The molecule has 108 valence electrons. The van der Waals surface area contributed by atoms with Crippen molar-refractivity contribution in [1.29, 1.82) is 0 Å². The van der Waals surface area contributed by atoms with E-state index in [9.17, 15) is 14.4 Å². The van der Waals surface area contributed by atoms with E-state index in [0.29, 0.717) is 10.8 Å². The number of carbonyl (C=O) groups excluding carboxylic acids is 3. The fourth-order valence-electron chi connectivity index (χ4n) is 1.61. The van der Waals surface area contributed by atoms with E-state index in [-0.39, 0.29) is 0 Å². The van der Waals surface area contributed by atoms with Crippen LogP contribution in [0.2, 0.25) is 5.02 Å². The fraction of sp³-hybridized carbons (Fsp3) is 0.357. The predicted octanol–water partition coefficient (Wildman–Crippen LogP) is 2.05. The van der Waals surface area contributed by atoms with E-state index in [1.807, 2.05) is 0 Å². The van der Waals surface area contributed by atoms with Crippen molar-refractivity contribution in [2.75, 3.05) is 7.11 Å². The molecule has 0 saturated heterocycles. The maximum absolute atomic E-state index is 12.1. The molecule has 0 aliphatic heterocycles. The fourth-order valence-corrected chi connectivity index (χ4v) is 1.74. The van der Waals surface area contributed by atoms with Crippen molar-refractivity contribution in [3.05, 3.63) is 29.3 Å². The molecule has 2 atom stereocenters. The molecule has 0 amide bonds. The number of hydrogen-bond donors (Lipinski definition) is 0. The van der Waals surface area contributed by atoms with Gasteiger partial charge in [0.2, 0.25) is 0 Å². The van der Waals surface area contributed by atoms with Crippen LogP contribution in [-0.2, 0) is 19.1 Å². The standard InChI is InChI=1S/C14H15ClO5/c1-8(16)12(14(18)19-3)13(17)9(2)20-11-6-4-10(15)5-7-11/h4-7,9,12H,1-3H3. The SMILES string of the molecule is COC(=O)C(C(C)=O)C(=O)C(C)Oc1ccc(Cl)cc1. The van der Waals surface area contributed by atoms with Crippen LogP contribution in [0.3, 0.4) is 0 Å². The highest BCUT2D eigenvalue weighted by molar-refractivity contribution is 6.30. The molecule has 2 unspecified atom stereocenters. The molecule has 0 saturated carbocycles. The van der Waals surface area contributed by atoms with Gasteiger partial charge in [-0.05, 0) is 38.1 Å². The summed E-state index contributed by atoms with van der Waals surface area (Å²) in [5.41, 5.74) is 0. The van der Waals surface area contributed by atoms with E-state index in [2.05, 4.69) is 4.74 Å². The molecule has 0 aliphatic carbocycles. The molecule has 1 rings (SSSR count). The van der Waals surface area contributed by atoms with E-state index >= 15 is 0 Å². The summed E-state index contributed by atoms with van der Waals surface area (Å²) in [6.07, 6.45) is -0.954. The van der Waals surface area contributed by atoms with Gasteiger partial charge in [-0.2, -0.15) is 0 Å². The lowest BCUT2D eigenvalue weighted by atomic mass is 9.96. The molecular formula is C14H15ClO5. The van der Waals surface area contributed by atoms with Crippen LogP contribution < -0.4 is 4.74 Å². The Kier molecular flexibility index (Phi) is 5.70. The van der Waals surface area contributed by atoms with Crippen molar-refractivity contribution in [1.82, 2.24) is 0 Å². The summed E-state index contributed by atoms with van der Waals surface area (Å²) in [4.78, 5) is 34.9. The summed E-state index contributed by atoms with van der Waals surface area (Å²) >= 11 is 5.73. The molecule has 1 aromatic rings. The first-order valence-electron chi connectivity index (χ1n) is 5.91. The Hall–Kier alpha value is -1.88. The van der Waals surface area contributed by atoms with Crippen LogP contribution >= 0.6 is 11.6 Å². The Morgan fingerprint density at radius 1 is 1.15 bits per heavy atom. The third-order valence-corrected chi connectivity index (χ3v) is 2.91. The molecule has 0 aliphatic rings. The van der Waals surface area contributed by atoms with Gasteiger partial charge >= 0.3 is 5.97 Å². The molecule has 0 bridgehead atoms. The van der Waals surface area contributed by atoms with Gasteiger partial charge in [-0.25, -0.2) is 0 Å². The molecule has 0 fully saturated rings. The first-order chi connectivity index (χ1) is 9.36. The minimum Gasteiger partial charge on any atom is -0.483 e. The summed E-state index contributed by atoms with van der Waals surface area (Å²) in [5.74, 6) is -3.13. The number of methoxy groups -OCH3 is 1. The highest BCUT2D eigenvalue weighted by Gasteiger charge is 2.36. The van der Waals surface area contributed by atoms with Crippen LogP contribution in [0.1, 0.15) is 13.8 Å². The Balaban J connectivity index is 2.81. The minimum atomic E-state index is -1.46. The number of Topliss-reactive ketones (excluding diaryl/α,β-unsaturated/α-hetero) is 2. The number of carbonyl (C=O) groups is 3. The van der Waals surface area contributed by atoms with Gasteiger partial charge < -0.3 is 9.47 Å². The minimum absolute atomic E-state index is 0.419. The summed E-state index contributed by atoms with van der Waals surface area (Å²) < 4.78 is 9.85. The van der Waals surface area contributed by atoms with E-state index in [0.717, 1.165) is 14.0 Å². The van der Waals surface area contributed by atoms with E-state index in [4.69, 9.17) is 16.3 Å². The zero-order valence-electron chi connectivity index (χ0n) is 11.4. The highest BCUT2D eigenvalue weighted by Crippen LogP contribution is 2.18. The zero-order valence-corrected chi connectivity index (χ0v) is 12.1. The van der Waals surface area contributed by atoms with Crippen LogP contribution in [0.25, 0.3) is 0 Å². The molecule has 0 spiro atoms. The van der Waals surface area contributed by atoms with Crippen molar-refractivity contribution < 1.29 is 23.9 Å². The van der Waals surface area contributed by atoms with Crippen LogP contribution in [0.4, 0.5) is 0 Å². The number of ether oxygens (including phenoxy) is 2. The van der Waals surface area contributed by atoms with Gasteiger partial charge in [-0.3, -0.25) is 14.4 Å². The van der Waals surface area contributed by atoms with Crippen molar-refractivity contribution in [3.63, 3.8) is 0 Å². The first-order valence-corrected chi connectivity index (χ1v) is 6.28. The Morgan fingerprint density at radius 3 is 2.15 bits per heavy atom. The second kappa shape index (κ2) is 7.05. The lowest BCUT2D eigenvalue weighted by Gasteiger charge is -2.17. The summed E-state index contributed by atoms with van der Waals surface area (Å²) in [6, 6.07) is 6.40. The third kappa shape index (κ3) is 4.06. The van der Waals surface area contributed by atoms with Crippen molar-refractivity contribution >= 4 is 29.1 Å². The quantitative estimate of drug-likeness (QED) is 0.594. The molecule has 0 aromatic heterocycles. The highest BCUT2D eigenvalue weighted by atomic mass is 35.5. The van der Waals surface area contributed by atoms with Crippen LogP contribution in [0.15, 0.2) is 24.3 Å². The normalized spacial score (nSPS) is 13.2. The largest absolute Gasteiger partial charge is 0.483 e. The average molecular weight is 299 g/mol. The number of halogens is 1. The molecule has 0 heterocycles. The lowest BCUT2D eigenvalue weighted by molar-refractivity contribution is -0.154. The summed E-state index contributed by atoms with van der Waals surface area (Å²) in [6.45, 7) is 2.63. The number of esters is 1. The van der Waals surface area contributed by atoms with Crippen LogP contribution in [-0.4, -0.2) is 30.7 Å². The van der Waals surface area contributed by atoms with Crippen molar-refractivity contribution in [2.45, 2.75) is 20.0 Å². The van der Waals surface area contributed by atoms with E-state index in [1.54, 1.807) is 24.3 Å². The van der Waals surface area contributed by atoms with Gasteiger partial charge in [0.25, 0.3) is 0 Å². The van der Waals surface area contributed by atoms with Gasteiger partial charge in [-0.15, -0.1) is 0 Å². The smallest absolute Gasteiger partial charge is 0.323 e. The predicted molar refractivity (Wildman–Crippen MR) is 72.7 cm³/mol. The van der Waals surface area contributed by atoms with Crippen LogP contribution in [0, 0.1) is 5.92 Å². The summed E-state index contributed by atoms with van der Waals surface area (Å²) in [5, 5.41) is 0.535. The molecule has 20 heavy (non-hydrogen) atoms. The molecule has 0 radical (unpaired) electrons. The molecule has 1 aromatic carbocycles. The number of rotatable bonds is 6. The van der Waals surface area contributed by atoms with Gasteiger partial charge in [0.15, 0.2) is 23.6 Å². The average Bonchev–Trinajstić information content (AvgIpc) is 2.40. The second-order valence-electron chi connectivity index (χ2n) is 4.18. The van der Waals surface area contributed by atoms with Gasteiger partial charge in [0, 0.05) is 5.02 Å². The van der Waals surface area contributed by atoms with E-state index in [1.165, 1.54) is 6.92 Å². The third-order valence-electron chi connectivity index (χ3n) is 2.66. The maximum atomic E-state index is 12.1. The lowest BCUT2D eigenvalue weighted by Crippen LogP contribution is -2.39. The summed E-state index contributed by atoms with van der Waals surface area (Å²) in [7, 11) is 1.12. The van der Waals surface area contributed by atoms with Gasteiger partial charge in [0.05, 0.1) is 7.11 Å². The van der Waals surface area contributed by atoms with Gasteiger partial charge in [-0.1, -0.05) is 11.6 Å². The monoisotopic (exact) mass is 298 g/mol. The Morgan fingerprint density at radius 2 is 1.70 bits per heavy atom. The number of benzene rings is 1. The molecule has 6 heteroatoms. The second-order valence-corrected chi connectivity index (χ2v) is 4.62. The maximum Gasteiger partial charge on any atom is 0.323 e. The number of ketones is 2. The van der Waals surface area contributed by atoms with E-state index < -0.39 is 29.6 Å². The topological polar surface area (TPSA) is 69.7 Å². The van der Waals surface area contributed by atoms with Crippen molar-refractivity contribution in [2.24, 2.45) is 5.92 Å². The molecule has 0 N–H and O–H groups in total. The van der Waals surface area contributed by atoms with Crippen molar-refractivity contribution in [3.8, 4) is 5.75 Å². The first kappa shape index (κ1) is 16.2. The van der Waals surface area contributed by atoms with Gasteiger partial charge in [0.1, 0.15) is 5.75 Å². The zero-order chi connectivity index (χ0) is 15.3.